The molecule has 0 saturated heterocycles. The Balaban J connectivity index is 3.97. The Morgan fingerprint density at radius 1 is 0.449 bits per heavy atom. The van der Waals surface area contributed by atoms with Gasteiger partial charge in [0.15, 0.2) is 12.5 Å². The molecule has 0 amide bonds. The maximum atomic E-state index is 12.6. The quantitative estimate of drug-likeness (QED) is 0.0396. The third-order valence-electron chi connectivity index (χ3n) is 9.99. The third-order valence-corrected chi connectivity index (χ3v) is 9.99. The van der Waals surface area contributed by atoms with E-state index < -0.39 is 18.2 Å². The van der Waals surface area contributed by atoms with E-state index in [0.717, 1.165) is 38.5 Å². The highest BCUT2D eigenvalue weighted by Gasteiger charge is 2.36. The molecule has 0 aliphatic heterocycles. The Hall–Kier alpha value is -1.14. The van der Waals surface area contributed by atoms with E-state index >= 15 is 0 Å². The first-order chi connectivity index (χ1) is 23.6. The number of rotatable bonds is 37. The fourth-order valence-electron chi connectivity index (χ4n) is 7.08. The molecular weight excluding hydrogens is 610 g/mol. The van der Waals surface area contributed by atoms with E-state index in [0.29, 0.717) is 12.8 Å². The summed E-state index contributed by atoms with van der Waals surface area (Å²) in [4.78, 5) is 26.7. The molecule has 0 saturated carbocycles. The summed E-state index contributed by atoms with van der Waals surface area (Å²) in [5, 5.41) is 10.8. The van der Waals surface area contributed by atoms with Crippen molar-refractivity contribution in [2.45, 2.75) is 265 Å². The maximum absolute atomic E-state index is 12.6. The summed E-state index contributed by atoms with van der Waals surface area (Å²) in [7, 11) is 0. The number of hydrogen-bond donors (Lipinski definition) is 1. The van der Waals surface area contributed by atoms with Crippen LogP contribution >= 0.6 is 0 Å². The number of hydrogen-bond acceptors (Lipinski definition) is 6. The minimum absolute atomic E-state index is 0.271. The van der Waals surface area contributed by atoms with Crippen LogP contribution in [0.2, 0.25) is 0 Å². The summed E-state index contributed by atoms with van der Waals surface area (Å²) in [5.74, 6) is -0.541. The van der Waals surface area contributed by atoms with Crippen LogP contribution in [0, 0.1) is 0 Å². The van der Waals surface area contributed by atoms with Gasteiger partial charge in [0.05, 0.1) is 0 Å². The largest absolute Gasteiger partial charge is 0.446 e. The smallest absolute Gasteiger partial charge is 0.307 e. The molecule has 0 spiro atoms. The van der Waals surface area contributed by atoms with Crippen LogP contribution < -0.4 is 0 Å². The second kappa shape index (κ2) is 34.0. The Labute approximate surface area is 305 Å². The van der Waals surface area contributed by atoms with Crippen LogP contribution in [-0.4, -0.2) is 40.1 Å². The van der Waals surface area contributed by atoms with Gasteiger partial charge in [0.25, 0.3) is 0 Å². The van der Waals surface area contributed by atoms with Crippen molar-refractivity contribution in [2.75, 3.05) is 0 Å². The van der Waals surface area contributed by atoms with Gasteiger partial charge in [0, 0.05) is 12.8 Å². The molecule has 292 valence electrons. The number of esters is 2. The molecule has 0 aromatic carbocycles. The van der Waals surface area contributed by atoms with Crippen LogP contribution in [-0.2, 0) is 19.1 Å². The number of nitrogens with zero attached hydrogens (tertiary/aromatic N) is 1. The molecule has 1 N–H and O–H groups in total. The van der Waals surface area contributed by atoms with Gasteiger partial charge in [-0.1, -0.05) is 194 Å². The topological polar surface area (TPSA) is 76.1 Å². The van der Waals surface area contributed by atoms with Crippen molar-refractivity contribution in [3.63, 3.8) is 0 Å². The summed E-state index contributed by atoms with van der Waals surface area (Å²) in [5.41, 5.74) is -1.32. The fraction of sp³-hybridized carbons (Fsp3) is 0.953. The SMILES string of the molecule is CCCCCCCCCCCCCCCCCC(=O)OC(C)N(C(C)OC(=O)CCCCCCCCCCCCCCCCC)C(C)(C)O. The molecule has 0 aromatic heterocycles. The van der Waals surface area contributed by atoms with E-state index in [4.69, 9.17) is 9.47 Å². The number of ether oxygens (including phenoxy) is 2. The van der Waals surface area contributed by atoms with E-state index in [1.807, 2.05) is 0 Å². The Kier molecular flexibility index (Phi) is 33.2. The molecule has 0 aliphatic carbocycles. The molecule has 2 unspecified atom stereocenters. The third kappa shape index (κ3) is 31.3. The molecule has 6 heteroatoms. The molecule has 0 radical (unpaired) electrons. The highest BCUT2D eigenvalue weighted by atomic mass is 16.6. The van der Waals surface area contributed by atoms with E-state index in [2.05, 4.69) is 13.8 Å². The number of aliphatic hydroxyl groups is 1. The van der Waals surface area contributed by atoms with Gasteiger partial charge >= 0.3 is 11.9 Å². The standard InChI is InChI=1S/C43H85NO5/c1-7-9-11-13-15-17-19-21-23-25-27-29-31-33-35-37-41(45)48-39(3)44(43(5,6)47)40(4)49-42(46)38-36-34-32-30-28-26-24-22-20-18-16-14-12-10-8-2/h39-40,47H,7-38H2,1-6H3. The van der Waals surface area contributed by atoms with Crippen LogP contribution in [0.5, 0.6) is 0 Å². The molecule has 0 fully saturated rings. The first kappa shape index (κ1) is 47.9. The lowest BCUT2D eigenvalue weighted by Gasteiger charge is -2.41. The van der Waals surface area contributed by atoms with E-state index in [1.54, 1.807) is 32.6 Å². The average Bonchev–Trinajstić information content (AvgIpc) is 3.04. The number of carbonyl (C=O) groups is 2. The minimum atomic E-state index is -1.32. The average molecular weight is 696 g/mol. The van der Waals surface area contributed by atoms with Crippen molar-refractivity contribution in [2.24, 2.45) is 0 Å². The van der Waals surface area contributed by atoms with Gasteiger partial charge in [0.1, 0.15) is 5.72 Å². The lowest BCUT2D eigenvalue weighted by molar-refractivity contribution is -0.231. The summed E-state index contributed by atoms with van der Waals surface area (Å²) in [6.07, 6.45) is 37.9. The highest BCUT2D eigenvalue weighted by molar-refractivity contribution is 5.70. The predicted molar refractivity (Wildman–Crippen MR) is 208 cm³/mol. The van der Waals surface area contributed by atoms with Crippen molar-refractivity contribution in [3.8, 4) is 0 Å². The zero-order valence-corrected chi connectivity index (χ0v) is 33.8. The Morgan fingerprint density at radius 3 is 0.857 bits per heavy atom. The van der Waals surface area contributed by atoms with E-state index in [9.17, 15) is 14.7 Å². The van der Waals surface area contributed by atoms with Crippen LogP contribution in [0.4, 0.5) is 0 Å². The second-order valence-corrected chi connectivity index (χ2v) is 15.5. The molecule has 0 heterocycles. The van der Waals surface area contributed by atoms with Crippen molar-refractivity contribution in [1.29, 1.82) is 0 Å². The zero-order valence-electron chi connectivity index (χ0n) is 33.8. The monoisotopic (exact) mass is 696 g/mol. The molecule has 2 atom stereocenters. The molecular formula is C43H85NO5. The Bertz CT molecular complexity index is 682. The highest BCUT2D eigenvalue weighted by Crippen LogP contribution is 2.22. The summed E-state index contributed by atoms with van der Waals surface area (Å²) < 4.78 is 11.4. The van der Waals surface area contributed by atoms with Gasteiger partial charge in [-0.25, -0.2) is 4.90 Å². The van der Waals surface area contributed by atoms with Gasteiger partial charge in [-0.05, 0) is 40.5 Å². The maximum Gasteiger partial charge on any atom is 0.307 e. The van der Waals surface area contributed by atoms with Gasteiger partial charge in [-0.3, -0.25) is 9.59 Å². The van der Waals surface area contributed by atoms with Crippen LogP contribution in [0.15, 0.2) is 0 Å². The molecule has 0 aliphatic rings. The lowest BCUT2D eigenvalue weighted by atomic mass is 10.0. The normalized spacial score (nSPS) is 13.1. The van der Waals surface area contributed by atoms with Gasteiger partial charge in [0.2, 0.25) is 0 Å². The lowest BCUT2D eigenvalue weighted by Crippen LogP contribution is -2.55. The Morgan fingerprint density at radius 2 is 0.653 bits per heavy atom. The molecule has 0 aromatic rings. The van der Waals surface area contributed by atoms with Gasteiger partial charge in [-0.2, -0.15) is 0 Å². The van der Waals surface area contributed by atoms with Crippen molar-refractivity contribution in [3.05, 3.63) is 0 Å². The fourth-order valence-corrected chi connectivity index (χ4v) is 7.08. The van der Waals surface area contributed by atoms with Crippen LogP contribution in [0.1, 0.15) is 247 Å². The molecule has 49 heavy (non-hydrogen) atoms. The van der Waals surface area contributed by atoms with E-state index in [1.165, 1.54) is 154 Å². The second-order valence-electron chi connectivity index (χ2n) is 15.5. The van der Waals surface area contributed by atoms with Crippen LogP contribution in [0.3, 0.4) is 0 Å². The van der Waals surface area contributed by atoms with E-state index in [-0.39, 0.29) is 11.9 Å². The number of carbonyl (C=O) groups excluding carboxylic acids is 2. The molecule has 0 bridgehead atoms. The van der Waals surface area contributed by atoms with Gasteiger partial charge < -0.3 is 14.6 Å². The minimum Gasteiger partial charge on any atom is -0.446 e. The number of unbranched alkanes of at least 4 members (excludes halogenated alkanes) is 28. The van der Waals surface area contributed by atoms with Crippen molar-refractivity contribution < 1.29 is 24.2 Å². The molecule has 0 rings (SSSR count). The van der Waals surface area contributed by atoms with Crippen molar-refractivity contribution >= 4 is 11.9 Å². The van der Waals surface area contributed by atoms with Crippen molar-refractivity contribution in [1.82, 2.24) is 4.90 Å². The van der Waals surface area contributed by atoms with Gasteiger partial charge in [-0.15, -0.1) is 0 Å². The zero-order chi connectivity index (χ0) is 36.4. The predicted octanol–water partition coefficient (Wildman–Crippen LogP) is 13.3. The first-order valence-corrected chi connectivity index (χ1v) is 21.5. The summed E-state index contributed by atoms with van der Waals surface area (Å²) >= 11 is 0. The first-order valence-electron chi connectivity index (χ1n) is 21.5. The molecule has 6 nitrogen and oxygen atoms in total. The summed E-state index contributed by atoms with van der Waals surface area (Å²) in [6, 6.07) is 0. The van der Waals surface area contributed by atoms with Crippen LogP contribution in [0.25, 0.3) is 0 Å². The summed E-state index contributed by atoms with van der Waals surface area (Å²) in [6.45, 7) is 11.3.